The van der Waals surface area contributed by atoms with Crippen LogP contribution in [-0.2, 0) is 0 Å². The van der Waals surface area contributed by atoms with Gasteiger partial charge in [-0.15, -0.1) is 0 Å². The van der Waals surface area contributed by atoms with E-state index in [1.807, 2.05) is 18.2 Å². The van der Waals surface area contributed by atoms with Gasteiger partial charge in [-0.1, -0.05) is 17.7 Å². The average Bonchev–Trinajstić information content (AvgIpc) is 2.39. The minimum absolute atomic E-state index is 0.137. The van der Waals surface area contributed by atoms with Crippen molar-refractivity contribution >= 4 is 39.2 Å². The number of nitro benzene ring substituents is 1. The number of carboxylic acid groups (broad SMARTS) is 1. The number of carboxylic acids is 1. The van der Waals surface area contributed by atoms with Gasteiger partial charge in [0.15, 0.2) is 0 Å². The van der Waals surface area contributed by atoms with Crippen LogP contribution < -0.4 is 0 Å². The summed E-state index contributed by atoms with van der Waals surface area (Å²) in [7, 11) is 0. The molecule has 8 heteroatoms. The number of hydrogen-bond acceptors (Lipinski definition) is 4. The smallest absolute Gasteiger partial charge is 0.337 e. The molecule has 0 aliphatic heterocycles. The van der Waals surface area contributed by atoms with Crippen LogP contribution in [-0.4, -0.2) is 21.0 Å². The van der Waals surface area contributed by atoms with Crippen molar-refractivity contribution in [1.29, 1.82) is 0 Å². The number of halogens is 2. The molecule has 104 valence electrons. The summed E-state index contributed by atoms with van der Waals surface area (Å²) in [5.41, 5.74) is -0.373. The molecule has 20 heavy (non-hydrogen) atoms. The van der Waals surface area contributed by atoms with E-state index in [-0.39, 0.29) is 16.3 Å². The topological polar surface area (TPSA) is 93.3 Å². The van der Waals surface area contributed by atoms with E-state index in [4.69, 9.17) is 16.7 Å². The van der Waals surface area contributed by atoms with E-state index in [1.54, 1.807) is 6.20 Å². The fraction of sp³-hybridized carbons (Fsp3) is 0. The van der Waals surface area contributed by atoms with Crippen LogP contribution in [0, 0.1) is 10.1 Å². The van der Waals surface area contributed by atoms with Gasteiger partial charge in [0.1, 0.15) is 4.60 Å². The third kappa shape index (κ3) is 4.94. The van der Waals surface area contributed by atoms with Crippen molar-refractivity contribution in [2.75, 3.05) is 0 Å². The second-order valence-electron chi connectivity index (χ2n) is 3.38. The highest BCUT2D eigenvalue weighted by molar-refractivity contribution is 9.10. The molecule has 0 saturated carbocycles. The molecular formula is C12H8BrClN2O4. The molecule has 0 saturated heterocycles. The maximum absolute atomic E-state index is 10.4. The first-order valence-electron chi connectivity index (χ1n) is 5.15. The lowest BCUT2D eigenvalue weighted by molar-refractivity contribution is -0.384. The van der Waals surface area contributed by atoms with Crippen LogP contribution in [0.25, 0.3) is 0 Å². The molecule has 2 aromatic rings. The Kier molecular flexibility index (Phi) is 6.08. The van der Waals surface area contributed by atoms with Gasteiger partial charge in [0.05, 0.1) is 15.5 Å². The van der Waals surface area contributed by atoms with Crippen molar-refractivity contribution in [3.8, 4) is 0 Å². The van der Waals surface area contributed by atoms with Gasteiger partial charge in [-0.2, -0.15) is 0 Å². The van der Waals surface area contributed by atoms with Crippen molar-refractivity contribution in [2.45, 2.75) is 0 Å². The molecule has 1 aromatic heterocycles. The molecule has 0 spiro atoms. The first-order chi connectivity index (χ1) is 9.41. The van der Waals surface area contributed by atoms with Crippen LogP contribution in [0.15, 0.2) is 47.2 Å². The molecule has 0 atom stereocenters. The molecular weight excluding hydrogens is 351 g/mol. The minimum Gasteiger partial charge on any atom is -0.478 e. The van der Waals surface area contributed by atoms with E-state index in [2.05, 4.69) is 20.9 Å². The maximum Gasteiger partial charge on any atom is 0.337 e. The molecule has 2 rings (SSSR count). The highest BCUT2D eigenvalue weighted by Gasteiger charge is 2.13. The number of aromatic carboxylic acids is 1. The Morgan fingerprint density at radius 1 is 1.35 bits per heavy atom. The summed E-state index contributed by atoms with van der Waals surface area (Å²) in [6, 6.07) is 8.89. The molecule has 1 aromatic carbocycles. The van der Waals surface area contributed by atoms with E-state index < -0.39 is 10.9 Å². The highest BCUT2D eigenvalue weighted by Crippen LogP contribution is 2.22. The first kappa shape index (κ1) is 16.1. The Hall–Kier alpha value is -1.99. The summed E-state index contributed by atoms with van der Waals surface area (Å²) in [5.74, 6) is -1.21. The normalized spacial score (nSPS) is 9.30. The molecule has 0 amide bonds. The minimum atomic E-state index is -1.21. The summed E-state index contributed by atoms with van der Waals surface area (Å²) in [5, 5.41) is 18.6. The van der Waals surface area contributed by atoms with Gasteiger partial charge in [-0.25, -0.2) is 9.78 Å². The number of hydrogen-bond donors (Lipinski definition) is 1. The van der Waals surface area contributed by atoms with Gasteiger partial charge in [-0.3, -0.25) is 10.1 Å². The summed E-state index contributed by atoms with van der Waals surface area (Å²) in [6.07, 6.45) is 1.74. The number of carbonyl (C=O) groups is 1. The summed E-state index contributed by atoms with van der Waals surface area (Å²) >= 11 is 8.68. The lowest BCUT2D eigenvalue weighted by Gasteiger charge is -1.97. The van der Waals surface area contributed by atoms with Crippen LogP contribution in [0.2, 0.25) is 5.02 Å². The molecule has 0 radical (unpaired) electrons. The van der Waals surface area contributed by atoms with Crippen LogP contribution in [0.4, 0.5) is 5.69 Å². The Morgan fingerprint density at radius 2 is 2.05 bits per heavy atom. The van der Waals surface area contributed by atoms with Crippen LogP contribution >= 0.6 is 27.5 Å². The van der Waals surface area contributed by atoms with Crippen molar-refractivity contribution in [2.24, 2.45) is 0 Å². The van der Waals surface area contributed by atoms with Gasteiger partial charge in [0, 0.05) is 18.3 Å². The number of aromatic nitrogens is 1. The monoisotopic (exact) mass is 358 g/mol. The second kappa shape index (κ2) is 7.56. The summed E-state index contributed by atoms with van der Waals surface area (Å²) < 4.78 is 0.884. The Morgan fingerprint density at radius 3 is 2.40 bits per heavy atom. The predicted molar refractivity (Wildman–Crippen MR) is 77.0 cm³/mol. The van der Waals surface area contributed by atoms with Gasteiger partial charge in [0.25, 0.3) is 5.69 Å². The van der Waals surface area contributed by atoms with Crippen LogP contribution in [0.5, 0.6) is 0 Å². The van der Waals surface area contributed by atoms with Crippen LogP contribution in [0.3, 0.4) is 0 Å². The third-order valence-electron chi connectivity index (χ3n) is 2.02. The standard InChI is InChI=1S/C7H4ClNO4.C5H4BrN/c8-6-3-4(9(12)13)1-2-5(6)7(10)11;6-5-3-1-2-4-7-5/h1-3H,(H,10,11);1-4H. The molecule has 1 N–H and O–H groups in total. The Bertz CT molecular complexity index is 622. The molecule has 0 aliphatic rings. The summed E-state index contributed by atoms with van der Waals surface area (Å²) in [4.78, 5) is 23.9. The van der Waals surface area contributed by atoms with Gasteiger partial charge in [0.2, 0.25) is 0 Å². The van der Waals surface area contributed by atoms with Crippen molar-refractivity contribution in [1.82, 2.24) is 4.98 Å². The van der Waals surface area contributed by atoms with Crippen LogP contribution in [0.1, 0.15) is 10.4 Å². The van der Waals surface area contributed by atoms with E-state index in [0.29, 0.717) is 0 Å². The number of benzene rings is 1. The second-order valence-corrected chi connectivity index (χ2v) is 4.60. The molecule has 0 bridgehead atoms. The van der Waals surface area contributed by atoms with E-state index in [0.717, 1.165) is 22.8 Å². The van der Waals surface area contributed by atoms with Crippen molar-refractivity contribution in [3.63, 3.8) is 0 Å². The zero-order valence-electron chi connectivity index (χ0n) is 9.86. The number of pyridine rings is 1. The summed E-state index contributed by atoms with van der Waals surface area (Å²) in [6.45, 7) is 0. The first-order valence-corrected chi connectivity index (χ1v) is 6.32. The molecule has 6 nitrogen and oxygen atoms in total. The van der Waals surface area contributed by atoms with E-state index in [9.17, 15) is 14.9 Å². The average molecular weight is 360 g/mol. The maximum atomic E-state index is 10.4. The molecule has 1 heterocycles. The fourth-order valence-corrected chi connectivity index (χ4v) is 1.66. The predicted octanol–water partition coefficient (Wildman–Crippen LogP) is 3.79. The van der Waals surface area contributed by atoms with Crippen molar-refractivity contribution < 1.29 is 14.8 Å². The number of nitrogens with zero attached hydrogens (tertiary/aromatic N) is 2. The number of rotatable bonds is 2. The largest absolute Gasteiger partial charge is 0.478 e. The molecule has 0 aliphatic carbocycles. The van der Waals surface area contributed by atoms with Gasteiger partial charge >= 0.3 is 5.97 Å². The van der Waals surface area contributed by atoms with Gasteiger partial charge in [-0.05, 0) is 34.1 Å². The van der Waals surface area contributed by atoms with Gasteiger partial charge < -0.3 is 5.11 Å². The van der Waals surface area contributed by atoms with Crippen molar-refractivity contribution in [3.05, 3.63) is 67.9 Å². The lowest BCUT2D eigenvalue weighted by Crippen LogP contribution is -1.98. The number of non-ortho nitro benzene ring substituents is 1. The molecule has 0 unspecified atom stereocenters. The third-order valence-corrected chi connectivity index (χ3v) is 2.80. The highest BCUT2D eigenvalue weighted by atomic mass is 79.9. The lowest BCUT2D eigenvalue weighted by atomic mass is 10.2. The quantitative estimate of drug-likeness (QED) is 0.500. The molecule has 0 fully saturated rings. The number of nitro groups is 1. The zero-order valence-corrected chi connectivity index (χ0v) is 12.2. The zero-order chi connectivity index (χ0) is 15.1. The SMILES string of the molecule is Brc1ccccn1.O=C(O)c1ccc([N+](=O)[O-])cc1Cl. The fourth-order valence-electron chi connectivity index (χ4n) is 1.13. The van der Waals surface area contributed by atoms with E-state index >= 15 is 0 Å². The van der Waals surface area contributed by atoms with E-state index in [1.165, 1.54) is 0 Å². The Labute approximate surface area is 127 Å². The Balaban J connectivity index is 0.000000240.